The van der Waals surface area contributed by atoms with Crippen LogP contribution in [-0.2, 0) is 15.0 Å². The number of nitrogens with two attached hydrogens (primary N) is 1. The van der Waals surface area contributed by atoms with E-state index in [0.29, 0.717) is 22.4 Å². The summed E-state index contributed by atoms with van der Waals surface area (Å²) in [6.07, 6.45) is 1.95. The van der Waals surface area contributed by atoms with E-state index < -0.39 is 33.6 Å². The zero-order chi connectivity index (χ0) is 25.4. The van der Waals surface area contributed by atoms with Gasteiger partial charge in [0.25, 0.3) is 10.2 Å². The van der Waals surface area contributed by atoms with Gasteiger partial charge in [-0.05, 0) is 62.8 Å². The number of rotatable bonds is 8. The monoisotopic (exact) mass is 506 g/mol. The minimum Gasteiger partial charge on any atom is -0.478 e. The molecular weight excluding hydrogens is 476 g/mol. The van der Waals surface area contributed by atoms with Crippen molar-refractivity contribution in [3.63, 3.8) is 0 Å². The Morgan fingerprint density at radius 1 is 1.12 bits per heavy atom. The first kappa shape index (κ1) is 26.2. The molecule has 0 saturated carbocycles. The van der Waals surface area contributed by atoms with Crippen molar-refractivity contribution >= 4 is 33.7 Å². The molecule has 2 aromatic rings. The van der Waals surface area contributed by atoms with Crippen molar-refractivity contribution in [2.75, 3.05) is 19.3 Å². The van der Waals surface area contributed by atoms with Crippen molar-refractivity contribution in [1.29, 1.82) is 0 Å². The lowest BCUT2D eigenvalue weighted by atomic mass is 9.82. The van der Waals surface area contributed by atoms with E-state index in [9.17, 15) is 23.1 Å². The largest absolute Gasteiger partial charge is 0.478 e. The molecule has 34 heavy (non-hydrogen) atoms. The maximum atomic E-state index is 13.4. The number of nitrogens with zero attached hydrogens (tertiary/aromatic N) is 1. The van der Waals surface area contributed by atoms with Gasteiger partial charge in [0.2, 0.25) is 0 Å². The van der Waals surface area contributed by atoms with E-state index in [2.05, 4.69) is 0 Å². The van der Waals surface area contributed by atoms with Crippen LogP contribution in [0.25, 0.3) is 0 Å². The predicted molar refractivity (Wildman–Crippen MR) is 132 cm³/mol. The van der Waals surface area contributed by atoms with Gasteiger partial charge in [0, 0.05) is 35.4 Å². The van der Waals surface area contributed by atoms with Crippen LogP contribution in [0.1, 0.15) is 46.8 Å². The van der Waals surface area contributed by atoms with E-state index in [4.69, 9.17) is 9.88 Å². The van der Waals surface area contributed by atoms with E-state index in [1.54, 1.807) is 37.7 Å². The topological polar surface area (TPSA) is 127 Å². The van der Waals surface area contributed by atoms with Gasteiger partial charge in [0.1, 0.15) is 5.75 Å². The minimum atomic E-state index is -3.98. The first-order chi connectivity index (χ1) is 15.7. The zero-order valence-corrected chi connectivity index (χ0v) is 21.5. The van der Waals surface area contributed by atoms with E-state index in [0.717, 1.165) is 14.8 Å². The number of benzene rings is 2. The number of aryl methyl sites for hydroxylation is 2. The molecular formula is C24H30N2O6S2. The molecule has 3 rings (SSSR count). The van der Waals surface area contributed by atoms with Crippen LogP contribution in [0.5, 0.6) is 5.75 Å². The standard InChI is InChI=1S/C24H30N2O6S2/c1-14-10-17(11-15(2)22(14)32-24(3,4)23(28)29)19-12-26(34(25,30)31)13-20(19)21(27)16-6-8-18(33-5)9-7-16/h6-11,19-20H,12-13H2,1-5H3,(H,28,29)(H2,25,30,31)/t19-,20?/m1/s1. The van der Waals surface area contributed by atoms with Crippen LogP contribution in [-0.4, -0.2) is 54.5 Å². The molecule has 10 heteroatoms. The number of aliphatic carboxylic acids is 1. The summed E-state index contributed by atoms with van der Waals surface area (Å²) < 4.78 is 31.2. The van der Waals surface area contributed by atoms with Crippen LogP contribution >= 0.6 is 11.8 Å². The van der Waals surface area contributed by atoms with Crippen molar-refractivity contribution in [3.05, 3.63) is 58.7 Å². The molecule has 1 heterocycles. The third-order valence-corrected chi connectivity index (χ3v) is 7.90. The van der Waals surface area contributed by atoms with E-state index in [-0.39, 0.29) is 18.9 Å². The van der Waals surface area contributed by atoms with Crippen molar-refractivity contribution in [2.24, 2.45) is 11.1 Å². The average Bonchev–Trinajstić information content (AvgIpc) is 3.21. The minimum absolute atomic E-state index is 0.00496. The summed E-state index contributed by atoms with van der Waals surface area (Å²) in [5.41, 5.74) is 1.28. The van der Waals surface area contributed by atoms with Gasteiger partial charge in [-0.25, -0.2) is 9.93 Å². The summed E-state index contributed by atoms with van der Waals surface area (Å²) in [4.78, 5) is 26.0. The molecule has 1 saturated heterocycles. The molecule has 0 spiro atoms. The molecule has 1 aliphatic rings. The van der Waals surface area contributed by atoms with Gasteiger partial charge in [-0.1, -0.05) is 24.3 Å². The Balaban J connectivity index is 2.00. The normalized spacial score (nSPS) is 19.2. The Labute approximate surface area is 204 Å². The fourth-order valence-corrected chi connectivity index (χ4v) is 5.35. The average molecular weight is 507 g/mol. The van der Waals surface area contributed by atoms with Gasteiger partial charge in [0.15, 0.2) is 11.4 Å². The highest BCUT2D eigenvalue weighted by molar-refractivity contribution is 7.98. The lowest BCUT2D eigenvalue weighted by molar-refractivity contribution is -0.152. The molecule has 0 amide bonds. The highest BCUT2D eigenvalue weighted by atomic mass is 32.2. The molecule has 0 aromatic heterocycles. The van der Waals surface area contributed by atoms with Crippen molar-refractivity contribution in [1.82, 2.24) is 4.31 Å². The molecule has 1 aliphatic heterocycles. The number of carbonyl (C=O) groups excluding carboxylic acids is 1. The molecule has 1 unspecified atom stereocenters. The Bertz CT molecular complexity index is 1190. The smallest absolute Gasteiger partial charge is 0.347 e. The third kappa shape index (κ3) is 5.46. The maximum absolute atomic E-state index is 13.4. The number of thioether (sulfide) groups is 1. The number of Topliss-reactive ketones (excluding diaryl/α,β-unsaturated/α-hetero) is 1. The Kier molecular flexibility index (Phi) is 7.47. The summed E-state index contributed by atoms with van der Waals surface area (Å²) in [5.74, 6) is -1.81. The Morgan fingerprint density at radius 2 is 1.68 bits per heavy atom. The van der Waals surface area contributed by atoms with Crippen LogP contribution in [0.3, 0.4) is 0 Å². The van der Waals surface area contributed by atoms with Gasteiger partial charge in [-0.15, -0.1) is 11.8 Å². The van der Waals surface area contributed by atoms with Crippen LogP contribution in [0.15, 0.2) is 41.3 Å². The Hall–Kier alpha value is -2.40. The summed E-state index contributed by atoms with van der Waals surface area (Å²) in [7, 11) is -3.98. The lowest BCUT2D eigenvalue weighted by Crippen LogP contribution is -2.38. The summed E-state index contributed by atoms with van der Waals surface area (Å²) in [5, 5.41) is 14.8. The Morgan fingerprint density at radius 3 is 2.15 bits per heavy atom. The number of carboxylic acid groups (broad SMARTS) is 1. The van der Waals surface area contributed by atoms with E-state index in [1.165, 1.54) is 13.8 Å². The zero-order valence-electron chi connectivity index (χ0n) is 19.9. The molecule has 1 fully saturated rings. The van der Waals surface area contributed by atoms with Crippen LogP contribution in [0, 0.1) is 19.8 Å². The van der Waals surface area contributed by atoms with Crippen molar-refractivity contribution < 1.29 is 27.9 Å². The summed E-state index contributed by atoms with van der Waals surface area (Å²) >= 11 is 1.57. The second-order valence-corrected chi connectivity index (χ2v) is 11.5. The van der Waals surface area contributed by atoms with Crippen LogP contribution < -0.4 is 9.88 Å². The second kappa shape index (κ2) is 9.69. The lowest BCUT2D eigenvalue weighted by Gasteiger charge is -2.26. The van der Waals surface area contributed by atoms with Gasteiger partial charge in [0.05, 0.1) is 0 Å². The molecule has 0 aliphatic carbocycles. The molecule has 8 nitrogen and oxygen atoms in total. The molecule has 184 valence electrons. The predicted octanol–water partition coefficient (Wildman–Crippen LogP) is 3.37. The number of ether oxygens (including phenoxy) is 1. The van der Waals surface area contributed by atoms with Gasteiger partial charge in [-0.3, -0.25) is 4.79 Å². The van der Waals surface area contributed by atoms with Crippen LogP contribution in [0.4, 0.5) is 0 Å². The summed E-state index contributed by atoms with van der Waals surface area (Å²) in [6.45, 7) is 6.62. The van der Waals surface area contributed by atoms with Gasteiger partial charge in [-0.2, -0.15) is 12.7 Å². The molecule has 2 aromatic carbocycles. The number of ketones is 1. The molecule has 3 N–H and O–H groups in total. The second-order valence-electron chi connectivity index (χ2n) is 9.07. The van der Waals surface area contributed by atoms with Crippen molar-refractivity contribution in [3.8, 4) is 5.75 Å². The number of carbonyl (C=O) groups is 2. The van der Waals surface area contributed by atoms with Gasteiger partial charge >= 0.3 is 5.97 Å². The number of hydrogen-bond acceptors (Lipinski definition) is 6. The first-order valence-electron chi connectivity index (χ1n) is 10.7. The molecule has 0 bridgehead atoms. The highest BCUT2D eigenvalue weighted by Gasteiger charge is 2.42. The molecule has 2 atom stereocenters. The molecule has 0 radical (unpaired) electrons. The van der Waals surface area contributed by atoms with E-state index >= 15 is 0 Å². The highest BCUT2D eigenvalue weighted by Crippen LogP contribution is 2.39. The number of hydrogen-bond donors (Lipinski definition) is 2. The van der Waals surface area contributed by atoms with Crippen LogP contribution in [0.2, 0.25) is 0 Å². The van der Waals surface area contributed by atoms with E-state index in [1.807, 2.05) is 30.5 Å². The first-order valence-corrected chi connectivity index (χ1v) is 13.5. The fourth-order valence-electron chi connectivity index (χ4n) is 4.21. The SMILES string of the molecule is CSc1ccc(C(=O)C2CN(S(N)(=O)=O)C[C@@H]2c2cc(C)c(OC(C)(C)C(=O)O)c(C)c2)cc1. The fraction of sp³-hybridized carbons (Fsp3) is 0.417. The van der Waals surface area contributed by atoms with Crippen molar-refractivity contribution in [2.45, 2.75) is 44.1 Å². The summed E-state index contributed by atoms with van der Waals surface area (Å²) in [6, 6.07) is 10.9. The number of carboxylic acids is 1. The maximum Gasteiger partial charge on any atom is 0.347 e. The quantitative estimate of drug-likeness (QED) is 0.415. The third-order valence-electron chi connectivity index (χ3n) is 6.14. The van der Waals surface area contributed by atoms with Gasteiger partial charge < -0.3 is 9.84 Å².